The molecule has 0 unspecified atom stereocenters. The normalized spacial score (nSPS) is 12.9. The van der Waals surface area contributed by atoms with Crippen LogP contribution >= 0.6 is 0 Å². The Kier molecular flexibility index (Phi) is 4.11. The highest BCUT2D eigenvalue weighted by Crippen LogP contribution is 2.09. The topological polar surface area (TPSA) is 38.0 Å². The van der Waals surface area contributed by atoms with Crippen molar-refractivity contribution in [2.24, 2.45) is 5.73 Å². The van der Waals surface area contributed by atoms with Crippen molar-refractivity contribution in [3.63, 3.8) is 0 Å². The summed E-state index contributed by atoms with van der Waals surface area (Å²) in [6.45, 7) is 7.96. The molecule has 1 atom stereocenters. The van der Waals surface area contributed by atoms with Crippen molar-refractivity contribution in [2.75, 3.05) is 6.54 Å². The molecule has 14 heavy (non-hydrogen) atoms. The van der Waals surface area contributed by atoms with Gasteiger partial charge in [0.05, 0.1) is 0 Å². The minimum absolute atomic E-state index is 0.386. The van der Waals surface area contributed by atoms with Crippen LogP contribution in [0, 0.1) is 13.8 Å². The first-order valence-corrected chi connectivity index (χ1v) is 5.13. The van der Waals surface area contributed by atoms with Gasteiger partial charge >= 0.3 is 0 Å². The molecule has 0 heterocycles. The third-order valence-corrected chi connectivity index (χ3v) is 2.58. The summed E-state index contributed by atoms with van der Waals surface area (Å²) in [5, 5.41) is 3.37. The lowest BCUT2D eigenvalue weighted by Gasteiger charge is -2.11. The van der Waals surface area contributed by atoms with Gasteiger partial charge in [0.25, 0.3) is 0 Å². The van der Waals surface area contributed by atoms with Crippen molar-refractivity contribution in [1.82, 2.24) is 5.32 Å². The van der Waals surface area contributed by atoms with E-state index in [1.54, 1.807) is 0 Å². The summed E-state index contributed by atoms with van der Waals surface area (Å²) in [6, 6.07) is 6.94. The Morgan fingerprint density at radius 2 is 2.00 bits per heavy atom. The molecule has 0 aromatic heterocycles. The molecule has 1 aromatic rings. The number of rotatable bonds is 4. The highest BCUT2D eigenvalue weighted by atomic mass is 14.9. The smallest absolute Gasteiger partial charge is 0.0208 e. The van der Waals surface area contributed by atoms with Gasteiger partial charge in [-0.15, -0.1) is 0 Å². The number of benzene rings is 1. The van der Waals surface area contributed by atoms with Gasteiger partial charge in [0.15, 0.2) is 0 Å². The summed E-state index contributed by atoms with van der Waals surface area (Å²) in [5.74, 6) is 0. The maximum absolute atomic E-state index is 5.53. The van der Waals surface area contributed by atoms with Crippen LogP contribution in [-0.4, -0.2) is 12.6 Å². The first kappa shape index (κ1) is 11.2. The van der Waals surface area contributed by atoms with Crippen molar-refractivity contribution in [1.29, 1.82) is 0 Å². The van der Waals surface area contributed by atoms with Crippen LogP contribution < -0.4 is 11.1 Å². The minimum Gasteiger partial charge on any atom is -0.329 e. The summed E-state index contributed by atoms with van der Waals surface area (Å²) in [7, 11) is 0. The van der Waals surface area contributed by atoms with Crippen molar-refractivity contribution in [2.45, 2.75) is 33.4 Å². The summed E-state index contributed by atoms with van der Waals surface area (Å²) in [4.78, 5) is 0. The molecule has 0 aliphatic rings. The van der Waals surface area contributed by atoms with Gasteiger partial charge in [-0.3, -0.25) is 0 Å². The number of hydrogen-bond acceptors (Lipinski definition) is 2. The zero-order chi connectivity index (χ0) is 10.6. The summed E-state index contributed by atoms with van der Waals surface area (Å²) in [6.07, 6.45) is 0. The average molecular weight is 192 g/mol. The van der Waals surface area contributed by atoms with Crippen molar-refractivity contribution in [3.8, 4) is 0 Å². The second kappa shape index (κ2) is 5.13. The van der Waals surface area contributed by atoms with Gasteiger partial charge in [0.1, 0.15) is 0 Å². The van der Waals surface area contributed by atoms with E-state index in [0.29, 0.717) is 12.6 Å². The van der Waals surface area contributed by atoms with Gasteiger partial charge in [-0.1, -0.05) is 18.2 Å². The zero-order valence-electron chi connectivity index (χ0n) is 9.30. The van der Waals surface area contributed by atoms with E-state index < -0.39 is 0 Å². The van der Waals surface area contributed by atoms with Crippen molar-refractivity contribution in [3.05, 3.63) is 34.9 Å². The molecule has 1 rings (SSSR count). The lowest BCUT2D eigenvalue weighted by atomic mass is 10.1. The van der Waals surface area contributed by atoms with Crippen molar-refractivity contribution < 1.29 is 0 Å². The van der Waals surface area contributed by atoms with Gasteiger partial charge in [-0.05, 0) is 37.5 Å². The average Bonchev–Trinajstić information content (AvgIpc) is 2.19. The fraction of sp³-hybridized carbons (Fsp3) is 0.500. The zero-order valence-corrected chi connectivity index (χ0v) is 9.30. The largest absolute Gasteiger partial charge is 0.329 e. The second-order valence-electron chi connectivity index (χ2n) is 3.94. The number of nitrogens with two attached hydrogens (primary N) is 1. The van der Waals surface area contributed by atoms with Gasteiger partial charge in [-0.2, -0.15) is 0 Å². The van der Waals surface area contributed by atoms with Gasteiger partial charge in [-0.25, -0.2) is 0 Å². The molecular formula is C12H20N2. The van der Waals surface area contributed by atoms with E-state index >= 15 is 0 Å². The van der Waals surface area contributed by atoms with E-state index in [1.165, 1.54) is 16.7 Å². The molecule has 0 bridgehead atoms. The predicted octanol–water partition coefficient (Wildman–Crippen LogP) is 1.74. The third kappa shape index (κ3) is 3.13. The van der Waals surface area contributed by atoms with Crippen LogP contribution in [0.15, 0.2) is 18.2 Å². The van der Waals surface area contributed by atoms with E-state index in [9.17, 15) is 0 Å². The molecule has 2 nitrogen and oxygen atoms in total. The molecule has 1 aromatic carbocycles. The Bertz CT molecular complexity index is 294. The van der Waals surface area contributed by atoms with Gasteiger partial charge in [0.2, 0.25) is 0 Å². The standard InChI is InChI=1S/C12H20N2/c1-9-4-5-12(6-10(9)2)8-14-11(3)7-13/h4-6,11,14H,7-8,13H2,1-3H3/t11-/m1/s1. The monoisotopic (exact) mass is 192 g/mol. The second-order valence-corrected chi connectivity index (χ2v) is 3.94. The molecule has 78 valence electrons. The maximum Gasteiger partial charge on any atom is 0.0208 e. The molecule has 0 spiro atoms. The quantitative estimate of drug-likeness (QED) is 0.762. The van der Waals surface area contributed by atoms with E-state index in [2.05, 4.69) is 44.3 Å². The van der Waals surface area contributed by atoms with E-state index in [0.717, 1.165) is 6.54 Å². The summed E-state index contributed by atoms with van der Waals surface area (Å²) < 4.78 is 0. The summed E-state index contributed by atoms with van der Waals surface area (Å²) in [5.41, 5.74) is 9.55. The Labute approximate surface area is 86.5 Å². The number of hydrogen-bond donors (Lipinski definition) is 2. The molecule has 0 saturated heterocycles. The molecule has 0 amide bonds. The van der Waals surface area contributed by atoms with E-state index in [-0.39, 0.29) is 0 Å². The van der Waals surface area contributed by atoms with Crippen molar-refractivity contribution >= 4 is 0 Å². The Balaban J connectivity index is 2.55. The van der Waals surface area contributed by atoms with E-state index in [1.807, 2.05) is 0 Å². The molecule has 0 fully saturated rings. The fourth-order valence-corrected chi connectivity index (χ4v) is 1.29. The molecule has 0 aliphatic heterocycles. The highest BCUT2D eigenvalue weighted by molar-refractivity contribution is 5.29. The van der Waals surface area contributed by atoms with Crippen LogP contribution in [0.3, 0.4) is 0 Å². The molecule has 2 heteroatoms. The summed E-state index contributed by atoms with van der Waals surface area (Å²) >= 11 is 0. The SMILES string of the molecule is Cc1ccc(CN[C@H](C)CN)cc1C. The maximum atomic E-state index is 5.53. The van der Waals surface area contributed by atoms with Crippen LogP contribution in [-0.2, 0) is 6.54 Å². The highest BCUT2D eigenvalue weighted by Gasteiger charge is 1.99. The predicted molar refractivity (Wildman–Crippen MR) is 61.3 cm³/mol. The Morgan fingerprint density at radius 1 is 1.29 bits per heavy atom. The van der Waals surface area contributed by atoms with Crippen LogP contribution in [0.4, 0.5) is 0 Å². The van der Waals surface area contributed by atoms with E-state index in [4.69, 9.17) is 5.73 Å². The van der Waals surface area contributed by atoms with Crippen LogP contribution in [0.1, 0.15) is 23.6 Å². The number of aryl methyl sites for hydroxylation is 2. The molecule has 0 radical (unpaired) electrons. The number of nitrogens with one attached hydrogen (secondary N) is 1. The lowest BCUT2D eigenvalue weighted by Crippen LogP contribution is -2.32. The van der Waals surface area contributed by atoms with Crippen LogP contribution in [0.25, 0.3) is 0 Å². The fourth-order valence-electron chi connectivity index (χ4n) is 1.29. The molecule has 0 saturated carbocycles. The minimum atomic E-state index is 0.386. The van der Waals surface area contributed by atoms with Crippen LogP contribution in [0.5, 0.6) is 0 Å². The molecule has 0 aliphatic carbocycles. The van der Waals surface area contributed by atoms with Gasteiger partial charge in [0, 0.05) is 19.1 Å². The third-order valence-electron chi connectivity index (χ3n) is 2.58. The molecular weight excluding hydrogens is 172 g/mol. The Hall–Kier alpha value is -0.860. The Morgan fingerprint density at radius 3 is 2.57 bits per heavy atom. The van der Waals surface area contributed by atoms with Gasteiger partial charge < -0.3 is 11.1 Å². The first-order valence-electron chi connectivity index (χ1n) is 5.13. The first-order chi connectivity index (χ1) is 6.63. The van der Waals surface area contributed by atoms with Crippen LogP contribution in [0.2, 0.25) is 0 Å². The lowest BCUT2D eigenvalue weighted by molar-refractivity contribution is 0.556. The molecule has 3 N–H and O–H groups in total.